The summed E-state index contributed by atoms with van der Waals surface area (Å²) in [5.74, 6) is 0.237. The molecular formula is C21H21N3O4S. The third-order valence-electron chi connectivity index (χ3n) is 5.10. The quantitative estimate of drug-likeness (QED) is 0.697. The number of anilines is 1. The molecule has 2 heterocycles. The number of hydrogen-bond donors (Lipinski definition) is 1. The Bertz CT molecular complexity index is 1110. The van der Waals surface area contributed by atoms with E-state index in [0.29, 0.717) is 17.9 Å². The predicted molar refractivity (Wildman–Crippen MR) is 110 cm³/mol. The number of carbonyl (C=O) groups is 1. The monoisotopic (exact) mass is 411 g/mol. The van der Waals surface area contributed by atoms with Crippen molar-refractivity contribution < 1.29 is 17.6 Å². The number of hydrogen-bond acceptors (Lipinski definition) is 5. The fraction of sp³-hybridized carbons (Fsp3) is 0.238. The number of nitrogens with one attached hydrogen (secondary N) is 1. The lowest BCUT2D eigenvalue weighted by molar-refractivity contribution is -0.120. The summed E-state index contributed by atoms with van der Waals surface area (Å²) in [7, 11) is -3.53. The van der Waals surface area contributed by atoms with Crippen LogP contribution in [0.15, 0.2) is 65.5 Å². The fourth-order valence-electron chi connectivity index (χ4n) is 3.48. The summed E-state index contributed by atoms with van der Waals surface area (Å²) in [4.78, 5) is 16.9. The number of fused-ring (bicyclic) bond motifs is 1. The summed E-state index contributed by atoms with van der Waals surface area (Å²) >= 11 is 0. The van der Waals surface area contributed by atoms with Gasteiger partial charge < -0.3 is 9.73 Å². The Kier molecular flexibility index (Phi) is 5.21. The van der Waals surface area contributed by atoms with Crippen LogP contribution in [-0.2, 0) is 27.8 Å². The molecule has 2 aromatic carbocycles. The first kappa shape index (κ1) is 19.4. The predicted octanol–water partition coefficient (Wildman–Crippen LogP) is 3.06. The maximum absolute atomic E-state index is 13.0. The zero-order valence-electron chi connectivity index (χ0n) is 15.9. The van der Waals surface area contributed by atoms with Gasteiger partial charge in [-0.3, -0.25) is 4.79 Å². The Hall–Kier alpha value is -2.97. The molecule has 4 rings (SSSR count). The van der Waals surface area contributed by atoms with E-state index in [2.05, 4.69) is 10.3 Å². The van der Waals surface area contributed by atoms with E-state index in [-0.39, 0.29) is 18.2 Å². The van der Waals surface area contributed by atoms with Crippen LogP contribution in [-0.4, -0.2) is 35.4 Å². The summed E-state index contributed by atoms with van der Waals surface area (Å²) in [6, 6.07) is 14.0. The zero-order chi connectivity index (χ0) is 20.4. The molecular weight excluding hydrogens is 390 g/mol. The minimum atomic E-state index is -3.53. The van der Waals surface area contributed by atoms with Gasteiger partial charge >= 0.3 is 0 Å². The van der Waals surface area contributed by atoms with E-state index < -0.39 is 16.1 Å². The highest BCUT2D eigenvalue weighted by molar-refractivity contribution is 7.89. The van der Waals surface area contributed by atoms with Gasteiger partial charge in [0, 0.05) is 17.8 Å². The fourth-order valence-corrected chi connectivity index (χ4v) is 4.71. The molecule has 1 N–H and O–H groups in total. The lowest BCUT2D eigenvalue weighted by Gasteiger charge is -2.34. The summed E-state index contributed by atoms with van der Waals surface area (Å²) in [5, 5.41) is 2.85. The highest BCUT2D eigenvalue weighted by Crippen LogP contribution is 2.27. The molecule has 29 heavy (non-hydrogen) atoms. The number of rotatable bonds is 5. The van der Waals surface area contributed by atoms with Crippen molar-refractivity contribution in [3.8, 4) is 11.3 Å². The van der Waals surface area contributed by atoms with Crippen LogP contribution >= 0.6 is 0 Å². The van der Waals surface area contributed by atoms with Crippen molar-refractivity contribution in [2.45, 2.75) is 25.9 Å². The minimum Gasteiger partial charge on any atom is -0.444 e. The minimum absolute atomic E-state index is 0.0508. The van der Waals surface area contributed by atoms with E-state index >= 15 is 0 Å². The van der Waals surface area contributed by atoms with Gasteiger partial charge in [0.1, 0.15) is 6.04 Å². The highest BCUT2D eigenvalue weighted by Gasteiger charge is 2.37. The van der Waals surface area contributed by atoms with E-state index in [1.165, 1.54) is 10.7 Å². The summed E-state index contributed by atoms with van der Waals surface area (Å²) in [6.07, 6.45) is 3.31. The molecule has 1 atom stereocenters. The van der Waals surface area contributed by atoms with Crippen molar-refractivity contribution in [2.24, 2.45) is 0 Å². The first-order chi connectivity index (χ1) is 14.0. The molecule has 150 valence electrons. The molecule has 3 aromatic rings. The number of amides is 1. The van der Waals surface area contributed by atoms with E-state index in [9.17, 15) is 13.2 Å². The van der Waals surface area contributed by atoms with Crippen LogP contribution in [0.2, 0.25) is 0 Å². The number of nitrogens with zero attached hydrogens (tertiary/aromatic N) is 2. The Morgan fingerprint density at radius 3 is 2.55 bits per heavy atom. The zero-order valence-corrected chi connectivity index (χ0v) is 16.7. The van der Waals surface area contributed by atoms with E-state index in [1.807, 2.05) is 36.4 Å². The van der Waals surface area contributed by atoms with Crippen molar-refractivity contribution in [3.05, 3.63) is 72.2 Å². The van der Waals surface area contributed by atoms with Gasteiger partial charge in [-0.2, -0.15) is 4.31 Å². The average molecular weight is 411 g/mol. The van der Waals surface area contributed by atoms with Crippen LogP contribution in [0.4, 0.5) is 5.69 Å². The molecule has 1 aromatic heterocycles. The second-order valence-corrected chi connectivity index (χ2v) is 9.08. The molecule has 0 aliphatic carbocycles. The van der Waals surface area contributed by atoms with Crippen LogP contribution in [0.25, 0.3) is 11.3 Å². The van der Waals surface area contributed by atoms with Gasteiger partial charge in [-0.15, -0.1) is 0 Å². The summed E-state index contributed by atoms with van der Waals surface area (Å²) in [6.45, 7) is 1.79. The number of aromatic nitrogens is 1. The van der Waals surface area contributed by atoms with Crippen LogP contribution < -0.4 is 5.32 Å². The maximum atomic E-state index is 13.0. The third kappa shape index (κ3) is 3.94. The number of sulfonamides is 1. The Labute approximate surface area is 169 Å². The molecule has 0 bridgehead atoms. The standard InChI is InChI=1S/C21H21N3O4S/c1-2-29(26,27)24-13-17-6-4-3-5-16(17)11-19(24)21(25)23-18-9-7-15(8-10-18)20-12-22-14-28-20/h3-10,12,14,19H,2,11,13H2,1H3,(H,23,25)/t19-/m1/s1. The van der Waals surface area contributed by atoms with Gasteiger partial charge in [0.25, 0.3) is 0 Å². The molecule has 1 aliphatic heterocycles. The lowest BCUT2D eigenvalue weighted by Crippen LogP contribution is -2.51. The van der Waals surface area contributed by atoms with E-state index in [1.54, 1.807) is 25.3 Å². The molecule has 1 amide bonds. The van der Waals surface area contributed by atoms with Crippen LogP contribution in [0, 0.1) is 0 Å². The first-order valence-corrected chi connectivity index (χ1v) is 10.9. The molecule has 0 radical (unpaired) electrons. The molecule has 0 fully saturated rings. The highest BCUT2D eigenvalue weighted by atomic mass is 32.2. The SMILES string of the molecule is CCS(=O)(=O)N1Cc2ccccc2C[C@@H]1C(=O)Nc1ccc(-c2cnco2)cc1. The molecule has 0 spiro atoms. The van der Waals surface area contributed by atoms with Gasteiger partial charge in [0.05, 0.1) is 11.9 Å². The van der Waals surface area contributed by atoms with Gasteiger partial charge in [-0.05, 0) is 48.7 Å². The normalized spacial score (nSPS) is 16.9. The second kappa shape index (κ2) is 7.81. The molecule has 7 nitrogen and oxygen atoms in total. The Morgan fingerprint density at radius 1 is 1.17 bits per heavy atom. The Balaban J connectivity index is 1.57. The van der Waals surface area contributed by atoms with Gasteiger partial charge in [0.15, 0.2) is 12.2 Å². The Morgan fingerprint density at radius 2 is 1.90 bits per heavy atom. The van der Waals surface area contributed by atoms with Crippen molar-refractivity contribution in [3.63, 3.8) is 0 Å². The third-order valence-corrected chi connectivity index (χ3v) is 6.93. The van der Waals surface area contributed by atoms with Crippen molar-refractivity contribution in [1.82, 2.24) is 9.29 Å². The first-order valence-electron chi connectivity index (χ1n) is 9.34. The van der Waals surface area contributed by atoms with Crippen molar-refractivity contribution >= 4 is 21.6 Å². The summed E-state index contributed by atoms with van der Waals surface area (Å²) < 4.78 is 31.8. The van der Waals surface area contributed by atoms with Crippen molar-refractivity contribution in [1.29, 1.82) is 0 Å². The number of benzene rings is 2. The number of carbonyl (C=O) groups excluding carboxylic acids is 1. The van der Waals surface area contributed by atoms with Crippen LogP contribution in [0.5, 0.6) is 0 Å². The van der Waals surface area contributed by atoms with Gasteiger partial charge in [-0.25, -0.2) is 13.4 Å². The van der Waals surface area contributed by atoms with Gasteiger partial charge in [0.2, 0.25) is 15.9 Å². The molecule has 8 heteroatoms. The second-order valence-electron chi connectivity index (χ2n) is 6.87. The molecule has 1 aliphatic rings. The number of oxazole rings is 1. The lowest BCUT2D eigenvalue weighted by atomic mass is 9.95. The molecule has 0 saturated carbocycles. The van der Waals surface area contributed by atoms with Crippen LogP contribution in [0.1, 0.15) is 18.1 Å². The average Bonchev–Trinajstić information content (AvgIpc) is 3.28. The molecule has 0 saturated heterocycles. The van der Waals surface area contributed by atoms with Gasteiger partial charge in [-0.1, -0.05) is 24.3 Å². The van der Waals surface area contributed by atoms with E-state index in [0.717, 1.165) is 16.7 Å². The molecule has 0 unspecified atom stereocenters. The summed E-state index contributed by atoms with van der Waals surface area (Å²) in [5.41, 5.74) is 3.36. The largest absolute Gasteiger partial charge is 0.444 e. The maximum Gasteiger partial charge on any atom is 0.243 e. The topological polar surface area (TPSA) is 92.5 Å². The van der Waals surface area contributed by atoms with Crippen molar-refractivity contribution in [2.75, 3.05) is 11.1 Å². The van der Waals surface area contributed by atoms with Crippen LogP contribution in [0.3, 0.4) is 0 Å². The van der Waals surface area contributed by atoms with E-state index in [4.69, 9.17) is 4.42 Å². The smallest absolute Gasteiger partial charge is 0.243 e.